The molecule has 0 saturated carbocycles. The third-order valence-electron chi connectivity index (χ3n) is 3.37. The van der Waals surface area contributed by atoms with E-state index in [9.17, 15) is 4.79 Å². The van der Waals surface area contributed by atoms with Gasteiger partial charge in [0.2, 0.25) is 0 Å². The van der Waals surface area contributed by atoms with Crippen LogP contribution in [0.4, 0.5) is 5.69 Å². The first-order valence-corrected chi connectivity index (χ1v) is 6.48. The molecule has 19 heavy (non-hydrogen) atoms. The fourth-order valence-corrected chi connectivity index (χ4v) is 2.09. The second-order valence-electron chi connectivity index (χ2n) is 4.74. The van der Waals surface area contributed by atoms with Crippen LogP contribution in [-0.2, 0) is 9.53 Å². The summed E-state index contributed by atoms with van der Waals surface area (Å²) in [6.07, 6.45) is 3.20. The van der Waals surface area contributed by atoms with E-state index in [0.29, 0.717) is 0 Å². The second kappa shape index (κ2) is 6.38. The minimum Gasteiger partial charge on any atom is -0.466 e. The summed E-state index contributed by atoms with van der Waals surface area (Å²) in [6, 6.07) is 8.24. The van der Waals surface area contributed by atoms with Crippen LogP contribution in [0.5, 0.6) is 0 Å². The van der Waals surface area contributed by atoms with Crippen molar-refractivity contribution in [2.75, 3.05) is 45.2 Å². The van der Waals surface area contributed by atoms with Crippen molar-refractivity contribution >= 4 is 17.7 Å². The number of methoxy groups -OCH3 is 1. The highest BCUT2D eigenvalue weighted by atomic mass is 16.5. The fourth-order valence-electron chi connectivity index (χ4n) is 2.09. The number of piperazine rings is 1. The number of esters is 1. The van der Waals surface area contributed by atoms with Gasteiger partial charge >= 0.3 is 5.97 Å². The molecule has 0 aliphatic carbocycles. The van der Waals surface area contributed by atoms with E-state index >= 15 is 0 Å². The van der Waals surface area contributed by atoms with Crippen LogP contribution in [0.2, 0.25) is 0 Å². The summed E-state index contributed by atoms with van der Waals surface area (Å²) in [5.41, 5.74) is 2.24. The predicted octanol–water partition coefficient (Wildman–Crippen LogP) is 1.62. The molecule has 4 nitrogen and oxygen atoms in total. The molecular formula is C15H20N2O2. The summed E-state index contributed by atoms with van der Waals surface area (Å²) >= 11 is 0. The molecular weight excluding hydrogens is 240 g/mol. The van der Waals surface area contributed by atoms with Crippen LogP contribution >= 0.6 is 0 Å². The van der Waals surface area contributed by atoms with E-state index in [4.69, 9.17) is 0 Å². The van der Waals surface area contributed by atoms with E-state index in [1.165, 1.54) is 18.9 Å². The molecule has 0 N–H and O–H groups in total. The number of hydrogen-bond donors (Lipinski definition) is 0. The summed E-state index contributed by atoms with van der Waals surface area (Å²) in [7, 11) is 3.53. The van der Waals surface area contributed by atoms with E-state index in [0.717, 1.165) is 31.7 Å². The number of carbonyl (C=O) groups excluding carboxylic acids is 1. The molecule has 1 aromatic carbocycles. The fraction of sp³-hybridized carbons (Fsp3) is 0.400. The van der Waals surface area contributed by atoms with Gasteiger partial charge < -0.3 is 14.5 Å². The van der Waals surface area contributed by atoms with Gasteiger partial charge in [0, 0.05) is 37.9 Å². The SMILES string of the molecule is COC(=O)C=Cc1ccc(N2CCN(C)CC2)cc1. The summed E-state index contributed by atoms with van der Waals surface area (Å²) in [4.78, 5) is 15.7. The Morgan fingerprint density at radius 3 is 2.37 bits per heavy atom. The molecule has 1 aromatic rings. The molecule has 4 heteroatoms. The van der Waals surface area contributed by atoms with Gasteiger partial charge in [-0.1, -0.05) is 12.1 Å². The van der Waals surface area contributed by atoms with E-state index in [-0.39, 0.29) is 5.97 Å². The Balaban J connectivity index is 1.98. The van der Waals surface area contributed by atoms with Crippen molar-refractivity contribution in [1.29, 1.82) is 0 Å². The Hall–Kier alpha value is -1.81. The Morgan fingerprint density at radius 2 is 1.79 bits per heavy atom. The summed E-state index contributed by atoms with van der Waals surface area (Å²) in [5, 5.41) is 0. The monoisotopic (exact) mass is 260 g/mol. The van der Waals surface area contributed by atoms with Crippen LogP contribution in [0.1, 0.15) is 5.56 Å². The minimum absolute atomic E-state index is 0.330. The highest BCUT2D eigenvalue weighted by Crippen LogP contribution is 2.17. The number of likely N-dealkylation sites (N-methyl/N-ethyl adjacent to an activating group) is 1. The van der Waals surface area contributed by atoms with Crippen molar-refractivity contribution in [3.05, 3.63) is 35.9 Å². The molecule has 0 radical (unpaired) electrons. The van der Waals surface area contributed by atoms with Crippen molar-refractivity contribution < 1.29 is 9.53 Å². The quantitative estimate of drug-likeness (QED) is 0.611. The van der Waals surface area contributed by atoms with Crippen LogP contribution < -0.4 is 4.90 Å². The predicted molar refractivity (Wildman–Crippen MR) is 77.2 cm³/mol. The summed E-state index contributed by atoms with van der Waals surface area (Å²) < 4.78 is 4.56. The van der Waals surface area contributed by atoms with Crippen LogP contribution in [0.3, 0.4) is 0 Å². The minimum atomic E-state index is -0.330. The van der Waals surface area contributed by atoms with Crippen LogP contribution in [0, 0.1) is 0 Å². The van der Waals surface area contributed by atoms with E-state index in [2.05, 4.69) is 33.7 Å². The maximum Gasteiger partial charge on any atom is 0.330 e. The maximum absolute atomic E-state index is 11.0. The smallest absolute Gasteiger partial charge is 0.330 e. The van der Waals surface area contributed by atoms with Gasteiger partial charge in [-0.05, 0) is 30.8 Å². The lowest BCUT2D eigenvalue weighted by Crippen LogP contribution is -2.44. The number of ether oxygens (including phenoxy) is 1. The standard InChI is InChI=1S/C15H20N2O2/c1-16-9-11-17(12-10-16)14-6-3-13(4-7-14)5-8-15(18)19-2/h3-8H,9-12H2,1-2H3. The largest absolute Gasteiger partial charge is 0.466 e. The van der Waals surface area contributed by atoms with Gasteiger partial charge in [0.25, 0.3) is 0 Å². The Kier molecular flexibility index (Phi) is 4.58. The maximum atomic E-state index is 11.0. The average Bonchev–Trinajstić information content (AvgIpc) is 2.46. The van der Waals surface area contributed by atoms with Gasteiger partial charge in [-0.25, -0.2) is 4.79 Å². The zero-order valence-electron chi connectivity index (χ0n) is 11.5. The number of benzene rings is 1. The third-order valence-corrected chi connectivity index (χ3v) is 3.37. The molecule has 1 heterocycles. The summed E-state index contributed by atoms with van der Waals surface area (Å²) in [5.74, 6) is -0.330. The molecule has 102 valence electrons. The molecule has 0 aromatic heterocycles. The Morgan fingerprint density at radius 1 is 1.16 bits per heavy atom. The van der Waals surface area contributed by atoms with Crippen molar-refractivity contribution in [3.63, 3.8) is 0 Å². The normalized spacial score (nSPS) is 16.8. The topological polar surface area (TPSA) is 32.8 Å². The highest BCUT2D eigenvalue weighted by molar-refractivity contribution is 5.86. The van der Waals surface area contributed by atoms with E-state index < -0.39 is 0 Å². The van der Waals surface area contributed by atoms with Crippen molar-refractivity contribution in [1.82, 2.24) is 4.90 Å². The van der Waals surface area contributed by atoms with Gasteiger partial charge in [-0.3, -0.25) is 0 Å². The molecule has 1 fully saturated rings. The Bertz CT molecular complexity index is 446. The molecule has 0 bridgehead atoms. The molecule has 0 amide bonds. The molecule has 0 unspecified atom stereocenters. The zero-order valence-corrected chi connectivity index (χ0v) is 11.5. The highest BCUT2D eigenvalue weighted by Gasteiger charge is 2.13. The first-order chi connectivity index (χ1) is 9.19. The van der Waals surface area contributed by atoms with Crippen molar-refractivity contribution in [2.45, 2.75) is 0 Å². The molecule has 0 spiro atoms. The molecule has 0 atom stereocenters. The zero-order chi connectivity index (χ0) is 13.7. The van der Waals surface area contributed by atoms with Crippen LogP contribution in [0.15, 0.2) is 30.3 Å². The van der Waals surface area contributed by atoms with Crippen LogP contribution in [-0.4, -0.2) is 51.2 Å². The van der Waals surface area contributed by atoms with Crippen LogP contribution in [0.25, 0.3) is 6.08 Å². The van der Waals surface area contributed by atoms with Crippen molar-refractivity contribution in [3.8, 4) is 0 Å². The first-order valence-electron chi connectivity index (χ1n) is 6.48. The lowest BCUT2D eigenvalue weighted by Gasteiger charge is -2.34. The number of anilines is 1. The molecule has 2 rings (SSSR count). The lowest BCUT2D eigenvalue weighted by atomic mass is 10.1. The second-order valence-corrected chi connectivity index (χ2v) is 4.74. The van der Waals surface area contributed by atoms with E-state index in [1.54, 1.807) is 6.08 Å². The van der Waals surface area contributed by atoms with E-state index in [1.807, 2.05) is 12.1 Å². The molecule has 1 saturated heterocycles. The Labute approximate surface area is 114 Å². The summed E-state index contributed by atoms with van der Waals surface area (Å²) in [6.45, 7) is 4.33. The van der Waals surface area contributed by atoms with Gasteiger partial charge in [-0.2, -0.15) is 0 Å². The number of carbonyl (C=O) groups is 1. The van der Waals surface area contributed by atoms with Crippen molar-refractivity contribution in [2.24, 2.45) is 0 Å². The number of nitrogens with zero attached hydrogens (tertiary/aromatic N) is 2. The van der Waals surface area contributed by atoms with Gasteiger partial charge in [0.05, 0.1) is 7.11 Å². The first kappa shape index (κ1) is 13.6. The van der Waals surface area contributed by atoms with Gasteiger partial charge in [0.15, 0.2) is 0 Å². The lowest BCUT2D eigenvalue weighted by molar-refractivity contribution is -0.134. The van der Waals surface area contributed by atoms with Gasteiger partial charge in [0.1, 0.15) is 0 Å². The number of hydrogen-bond acceptors (Lipinski definition) is 4. The average molecular weight is 260 g/mol. The molecule has 1 aliphatic rings. The van der Waals surface area contributed by atoms with Gasteiger partial charge in [-0.15, -0.1) is 0 Å². The third kappa shape index (κ3) is 3.83. The molecule has 1 aliphatic heterocycles. The number of rotatable bonds is 3.